The second-order valence-electron chi connectivity index (χ2n) is 5.98. The summed E-state index contributed by atoms with van der Waals surface area (Å²) >= 11 is 1.70. The molecular formula is C18H17N3O2S. The molecule has 0 aliphatic carbocycles. The maximum Gasteiger partial charge on any atom is 0.272 e. The summed E-state index contributed by atoms with van der Waals surface area (Å²) in [5, 5.41) is 10.0. The van der Waals surface area contributed by atoms with Gasteiger partial charge in [0.25, 0.3) is 5.56 Å². The van der Waals surface area contributed by atoms with Crippen LogP contribution in [-0.2, 0) is 11.2 Å². The second kappa shape index (κ2) is 6.20. The molecule has 4 rings (SSSR count). The molecule has 1 N–H and O–H groups in total. The number of aromatic amines is 1. The van der Waals surface area contributed by atoms with Crippen LogP contribution >= 0.6 is 11.3 Å². The van der Waals surface area contributed by atoms with Crippen LogP contribution < -0.4 is 5.56 Å². The molecule has 1 aromatic carbocycles. The molecule has 3 heterocycles. The van der Waals surface area contributed by atoms with Crippen LogP contribution in [0, 0.1) is 0 Å². The summed E-state index contributed by atoms with van der Waals surface area (Å²) in [6, 6.07) is 11.6. The Labute approximate surface area is 142 Å². The first-order valence-corrected chi connectivity index (χ1v) is 8.91. The highest BCUT2D eigenvalue weighted by molar-refractivity contribution is 7.10. The van der Waals surface area contributed by atoms with Crippen LogP contribution in [0.25, 0.3) is 10.8 Å². The SMILES string of the molecule is O=C(Cc1n[nH]c(=O)c2ccccc12)N1CCC[C@@H]1c1cccs1. The first-order valence-electron chi connectivity index (χ1n) is 8.03. The summed E-state index contributed by atoms with van der Waals surface area (Å²) in [5.41, 5.74) is 0.409. The van der Waals surface area contributed by atoms with Crippen LogP contribution in [-0.4, -0.2) is 27.5 Å². The van der Waals surface area contributed by atoms with Gasteiger partial charge in [-0.15, -0.1) is 11.3 Å². The number of benzene rings is 1. The van der Waals surface area contributed by atoms with E-state index in [1.54, 1.807) is 17.4 Å². The molecule has 0 radical (unpaired) electrons. The van der Waals surface area contributed by atoms with Gasteiger partial charge in [-0.3, -0.25) is 9.59 Å². The van der Waals surface area contributed by atoms with Gasteiger partial charge in [-0.25, -0.2) is 5.10 Å². The number of nitrogens with one attached hydrogen (secondary N) is 1. The van der Waals surface area contributed by atoms with E-state index in [9.17, 15) is 9.59 Å². The molecule has 5 nitrogen and oxygen atoms in total. The predicted molar refractivity (Wildman–Crippen MR) is 94.1 cm³/mol. The molecule has 0 unspecified atom stereocenters. The third kappa shape index (κ3) is 2.63. The number of carbonyl (C=O) groups excluding carboxylic acids is 1. The number of rotatable bonds is 3. The van der Waals surface area contributed by atoms with Crippen LogP contribution in [0.1, 0.15) is 29.5 Å². The molecule has 1 fully saturated rings. The molecule has 0 spiro atoms. The second-order valence-corrected chi connectivity index (χ2v) is 6.96. The molecule has 1 aliphatic rings. The Morgan fingerprint density at radius 1 is 1.25 bits per heavy atom. The number of hydrogen-bond acceptors (Lipinski definition) is 4. The smallest absolute Gasteiger partial charge is 0.272 e. The number of hydrogen-bond donors (Lipinski definition) is 1. The van der Waals surface area contributed by atoms with Gasteiger partial charge in [0.15, 0.2) is 0 Å². The van der Waals surface area contributed by atoms with Crippen molar-refractivity contribution in [2.24, 2.45) is 0 Å². The van der Waals surface area contributed by atoms with E-state index in [1.807, 2.05) is 34.5 Å². The topological polar surface area (TPSA) is 66.1 Å². The number of amides is 1. The van der Waals surface area contributed by atoms with Crippen molar-refractivity contribution in [2.45, 2.75) is 25.3 Å². The van der Waals surface area contributed by atoms with Gasteiger partial charge in [0.1, 0.15) is 0 Å². The summed E-state index contributed by atoms with van der Waals surface area (Å²) in [4.78, 5) is 27.9. The van der Waals surface area contributed by atoms with E-state index in [2.05, 4.69) is 16.3 Å². The molecule has 2 aromatic heterocycles. The van der Waals surface area contributed by atoms with Gasteiger partial charge in [-0.1, -0.05) is 24.3 Å². The molecule has 1 amide bonds. The minimum absolute atomic E-state index is 0.0654. The summed E-state index contributed by atoms with van der Waals surface area (Å²) in [6.07, 6.45) is 2.24. The lowest BCUT2D eigenvalue weighted by molar-refractivity contribution is -0.131. The lowest BCUT2D eigenvalue weighted by atomic mass is 10.1. The predicted octanol–water partition coefficient (Wildman–Crippen LogP) is 2.89. The van der Waals surface area contributed by atoms with E-state index in [0.717, 1.165) is 24.8 Å². The van der Waals surface area contributed by atoms with E-state index in [4.69, 9.17) is 0 Å². The fraction of sp³-hybridized carbons (Fsp3) is 0.278. The standard InChI is InChI=1S/C18H17N3O2S/c22-17(21-9-3-7-15(21)16-8-4-10-24-16)11-14-12-5-1-2-6-13(12)18(23)20-19-14/h1-2,4-6,8,10,15H,3,7,9,11H2,(H,20,23)/t15-/m1/s1. The Balaban J connectivity index is 1.63. The van der Waals surface area contributed by atoms with Crippen molar-refractivity contribution in [1.82, 2.24) is 15.1 Å². The Kier molecular flexibility index (Phi) is 3.90. The number of thiophene rings is 1. The van der Waals surface area contributed by atoms with Crippen LogP contribution in [0.3, 0.4) is 0 Å². The van der Waals surface area contributed by atoms with Gasteiger partial charge in [-0.05, 0) is 30.4 Å². The van der Waals surface area contributed by atoms with Crippen molar-refractivity contribution >= 4 is 28.0 Å². The van der Waals surface area contributed by atoms with Gasteiger partial charge in [0, 0.05) is 16.8 Å². The summed E-state index contributed by atoms with van der Waals surface area (Å²) in [6.45, 7) is 0.780. The van der Waals surface area contributed by atoms with E-state index >= 15 is 0 Å². The Morgan fingerprint density at radius 2 is 2.08 bits per heavy atom. The molecule has 24 heavy (non-hydrogen) atoms. The van der Waals surface area contributed by atoms with Crippen LogP contribution in [0.5, 0.6) is 0 Å². The molecule has 3 aromatic rings. The number of aromatic nitrogens is 2. The third-order valence-electron chi connectivity index (χ3n) is 4.54. The molecule has 1 saturated heterocycles. The van der Waals surface area contributed by atoms with Crippen LogP contribution in [0.15, 0.2) is 46.6 Å². The maximum absolute atomic E-state index is 12.8. The summed E-state index contributed by atoms with van der Waals surface area (Å²) in [7, 11) is 0. The number of nitrogens with zero attached hydrogens (tertiary/aromatic N) is 2. The van der Waals surface area contributed by atoms with E-state index < -0.39 is 0 Å². The van der Waals surface area contributed by atoms with E-state index in [-0.39, 0.29) is 23.9 Å². The molecule has 1 aliphatic heterocycles. The van der Waals surface area contributed by atoms with Crippen molar-refractivity contribution < 1.29 is 4.79 Å². The van der Waals surface area contributed by atoms with Crippen LogP contribution in [0.4, 0.5) is 0 Å². The zero-order chi connectivity index (χ0) is 16.5. The first-order chi connectivity index (χ1) is 11.7. The van der Waals surface area contributed by atoms with Gasteiger partial charge < -0.3 is 4.90 Å². The Hall–Kier alpha value is -2.47. The molecule has 122 valence electrons. The maximum atomic E-state index is 12.8. The normalized spacial score (nSPS) is 17.5. The minimum Gasteiger partial charge on any atom is -0.335 e. The number of likely N-dealkylation sites (tertiary alicyclic amines) is 1. The number of H-pyrrole nitrogens is 1. The average molecular weight is 339 g/mol. The molecular weight excluding hydrogens is 322 g/mol. The van der Waals surface area contributed by atoms with Crippen molar-refractivity contribution in [3.8, 4) is 0 Å². The van der Waals surface area contributed by atoms with Gasteiger partial charge in [-0.2, -0.15) is 5.10 Å². The quantitative estimate of drug-likeness (QED) is 0.798. The van der Waals surface area contributed by atoms with Crippen molar-refractivity contribution in [1.29, 1.82) is 0 Å². The van der Waals surface area contributed by atoms with Gasteiger partial charge in [0.2, 0.25) is 5.91 Å². The van der Waals surface area contributed by atoms with Crippen LogP contribution in [0.2, 0.25) is 0 Å². The molecule has 6 heteroatoms. The van der Waals surface area contributed by atoms with E-state index in [1.165, 1.54) is 4.88 Å². The highest BCUT2D eigenvalue weighted by atomic mass is 32.1. The fourth-order valence-corrected chi connectivity index (χ4v) is 4.27. The molecule has 0 saturated carbocycles. The van der Waals surface area contributed by atoms with Gasteiger partial charge in [0.05, 0.1) is 23.5 Å². The summed E-state index contributed by atoms with van der Waals surface area (Å²) in [5.74, 6) is 0.0654. The highest BCUT2D eigenvalue weighted by Gasteiger charge is 2.30. The van der Waals surface area contributed by atoms with E-state index in [0.29, 0.717) is 11.1 Å². The van der Waals surface area contributed by atoms with Crippen molar-refractivity contribution in [2.75, 3.05) is 6.54 Å². The molecule has 0 bridgehead atoms. The summed E-state index contributed by atoms with van der Waals surface area (Å²) < 4.78 is 0. The average Bonchev–Trinajstić information content (AvgIpc) is 3.28. The largest absolute Gasteiger partial charge is 0.335 e. The van der Waals surface area contributed by atoms with Crippen molar-refractivity contribution in [3.05, 3.63) is 62.7 Å². The Morgan fingerprint density at radius 3 is 2.88 bits per heavy atom. The van der Waals surface area contributed by atoms with Gasteiger partial charge >= 0.3 is 0 Å². The lowest BCUT2D eigenvalue weighted by Gasteiger charge is -2.24. The number of carbonyl (C=O) groups is 1. The first kappa shape index (κ1) is 15.1. The highest BCUT2D eigenvalue weighted by Crippen LogP contribution is 2.34. The zero-order valence-corrected chi connectivity index (χ0v) is 13.9. The lowest BCUT2D eigenvalue weighted by Crippen LogP contribution is -2.32. The number of fused-ring (bicyclic) bond motifs is 1. The third-order valence-corrected chi connectivity index (χ3v) is 5.51. The molecule has 1 atom stereocenters. The van der Waals surface area contributed by atoms with Crippen molar-refractivity contribution in [3.63, 3.8) is 0 Å². The fourth-order valence-electron chi connectivity index (χ4n) is 3.39. The Bertz CT molecular complexity index is 933. The minimum atomic E-state index is -0.223. The monoisotopic (exact) mass is 339 g/mol. The zero-order valence-electron chi connectivity index (χ0n) is 13.1.